The molecule has 3 rings (SSSR count). The summed E-state index contributed by atoms with van der Waals surface area (Å²) in [4.78, 5) is 9.43. The lowest BCUT2D eigenvalue weighted by atomic mass is 10.3. The van der Waals surface area contributed by atoms with E-state index in [0.29, 0.717) is 16.5 Å². The molecule has 3 heterocycles. The minimum Gasteiger partial charge on any atom is -0.268 e. The SMILES string of the molecule is CSc1ncc2c(n1)-c1sccc1N(C)S2(=O)=O. The Morgan fingerprint density at radius 2 is 2.22 bits per heavy atom. The topological polar surface area (TPSA) is 63.2 Å². The lowest BCUT2D eigenvalue weighted by Crippen LogP contribution is -2.30. The van der Waals surface area contributed by atoms with E-state index in [9.17, 15) is 8.42 Å². The summed E-state index contributed by atoms with van der Waals surface area (Å²) < 4.78 is 25.9. The Balaban J connectivity index is 2.39. The quantitative estimate of drug-likeness (QED) is 0.596. The molecule has 0 bridgehead atoms. The Labute approximate surface area is 113 Å². The van der Waals surface area contributed by atoms with Crippen LogP contribution in [0.2, 0.25) is 0 Å². The molecule has 1 aliphatic rings. The van der Waals surface area contributed by atoms with Gasteiger partial charge in [0, 0.05) is 7.05 Å². The van der Waals surface area contributed by atoms with E-state index in [1.54, 1.807) is 13.1 Å². The fourth-order valence-corrected chi connectivity index (χ4v) is 4.48. The molecular formula is C10H9N3O2S3. The highest BCUT2D eigenvalue weighted by Crippen LogP contribution is 2.44. The summed E-state index contributed by atoms with van der Waals surface area (Å²) in [5, 5.41) is 2.44. The third-order valence-electron chi connectivity index (χ3n) is 2.75. The Bertz CT molecular complexity index is 724. The molecule has 0 saturated carbocycles. The zero-order chi connectivity index (χ0) is 12.9. The van der Waals surface area contributed by atoms with Gasteiger partial charge in [-0.05, 0) is 17.7 Å². The van der Waals surface area contributed by atoms with Crippen molar-refractivity contribution >= 4 is 38.8 Å². The molecule has 5 nitrogen and oxygen atoms in total. The molecule has 0 unspecified atom stereocenters. The van der Waals surface area contributed by atoms with E-state index in [1.807, 2.05) is 11.6 Å². The minimum atomic E-state index is -3.52. The first-order chi connectivity index (χ1) is 8.55. The van der Waals surface area contributed by atoms with E-state index in [4.69, 9.17) is 0 Å². The van der Waals surface area contributed by atoms with Gasteiger partial charge in [-0.15, -0.1) is 11.3 Å². The summed E-state index contributed by atoms with van der Waals surface area (Å²) in [5.41, 5.74) is 1.19. The molecule has 0 spiro atoms. The molecule has 0 radical (unpaired) electrons. The van der Waals surface area contributed by atoms with Crippen LogP contribution in [-0.2, 0) is 10.0 Å². The standard InChI is InChI=1S/C10H9N3O2S3/c1-13-6-3-4-17-9(6)8-7(18(13,14)15)5-11-10(12-8)16-2/h3-5H,1-2H3. The van der Waals surface area contributed by atoms with Crippen LogP contribution >= 0.6 is 23.1 Å². The van der Waals surface area contributed by atoms with E-state index < -0.39 is 10.0 Å². The molecule has 0 saturated heterocycles. The van der Waals surface area contributed by atoms with Crippen molar-refractivity contribution in [2.45, 2.75) is 10.1 Å². The number of hydrogen-bond acceptors (Lipinski definition) is 6. The van der Waals surface area contributed by atoms with Gasteiger partial charge in [0.25, 0.3) is 10.0 Å². The number of aromatic nitrogens is 2. The Morgan fingerprint density at radius 3 is 2.94 bits per heavy atom. The van der Waals surface area contributed by atoms with Gasteiger partial charge < -0.3 is 0 Å². The van der Waals surface area contributed by atoms with Crippen LogP contribution in [0.5, 0.6) is 0 Å². The van der Waals surface area contributed by atoms with Gasteiger partial charge in [0.1, 0.15) is 10.6 Å². The third-order valence-corrected chi connectivity index (χ3v) is 6.00. The molecule has 2 aromatic heterocycles. The molecule has 0 N–H and O–H groups in total. The van der Waals surface area contributed by atoms with E-state index in [1.165, 1.54) is 33.6 Å². The van der Waals surface area contributed by atoms with Crippen molar-refractivity contribution in [3.05, 3.63) is 17.6 Å². The van der Waals surface area contributed by atoms with Gasteiger partial charge in [0.05, 0.1) is 16.8 Å². The minimum absolute atomic E-state index is 0.178. The van der Waals surface area contributed by atoms with Crippen LogP contribution < -0.4 is 4.31 Å². The number of rotatable bonds is 1. The fourth-order valence-electron chi connectivity index (χ4n) is 1.81. The summed E-state index contributed by atoms with van der Waals surface area (Å²) >= 11 is 2.88. The van der Waals surface area contributed by atoms with Crippen LogP contribution in [0.15, 0.2) is 27.7 Å². The van der Waals surface area contributed by atoms with E-state index >= 15 is 0 Å². The van der Waals surface area contributed by atoms with Gasteiger partial charge in [0.2, 0.25) is 0 Å². The number of anilines is 1. The highest BCUT2D eigenvalue weighted by molar-refractivity contribution is 7.98. The lowest BCUT2D eigenvalue weighted by molar-refractivity contribution is 0.592. The number of sulfonamides is 1. The van der Waals surface area contributed by atoms with Gasteiger partial charge in [-0.1, -0.05) is 11.8 Å². The smallest absolute Gasteiger partial charge is 0.267 e. The molecule has 18 heavy (non-hydrogen) atoms. The summed E-state index contributed by atoms with van der Waals surface area (Å²) in [6.45, 7) is 0. The number of fused-ring (bicyclic) bond motifs is 3. The van der Waals surface area contributed by atoms with Gasteiger partial charge in [-0.25, -0.2) is 18.4 Å². The van der Waals surface area contributed by atoms with Gasteiger partial charge >= 0.3 is 0 Å². The van der Waals surface area contributed by atoms with Crippen LogP contribution in [0.1, 0.15) is 0 Å². The second kappa shape index (κ2) is 3.94. The Morgan fingerprint density at radius 1 is 1.44 bits per heavy atom. The second-order valence-electron chi connectivity index (χ2n) is 3.68. The van der Waals surface area contributed by atoms with Gasteiger partial charge in [-0.2, -0.15) is 0 Å². The maximum Gasteiger partial charge on any atom is 0.267 e. The lowest BCUT2D eigenvalue weighted by Gasteiger charge is -2.25. The zero-order valence-corrected chi connectivity index (χ0v) is 12.1. The largest absolute Gasteiger partial charge is 0.268 e. The molecular weight excluding hydrogens is 290 g/mol. The molecule has 0 atom stereocenters. The monoisotopic (exact) mass is 299 g/mol. The molecule has 8 heteroatoms. The normalized spacial score (nSPS) is 16.2. The van der Waals surface area contributed by atoms with Crippen LogP contribution in [0.25, 0.3) is 10.6 Å². The van der Waals surface area contributed by atoms with Gasteiger partial charge in [-0.3, -0.25) is 4.31 Å². The molecule has 0 aromatic carbocycles. The molecule has 0 amide bonds. The van der Waals surface area contributed by atoms with Crippen molar-refractivity contribution < 1.29 is 8.42 Å². The summed E-state index contributed by atoms with van der Waals surface area (Å²) in [7, 11) is -1.98. The number of nitrogens with zero attached hydrogens (tertiary/aromatic N) is 3. The first-order valence-electron chi connectivity index (χ1n) is 5.03. The molecule has 1 aliphatic heterocycles. The highest BCUT2D eigenvalue weighted by atomic mass is 32.2. The van der Waals surface area contributed by atoms with Crippen molar-refractivity contribution in [1.82, 2.24) is 9.97 Å². The van der Waals surface area contributed by atoms with Crippen LogP contribution in [0, 0.1) is 0 Å². The van der Waals surface area contributed by atoms with Crippen LogP contribution in [0.4, 0.5) is 5.69 Å². The number of hydrogen-bond donors (Lipinski definition) is 0. The predicted molar refractivity (Wildman–Crippen MR) is 72.7 cm³/mol. The summed E-state index contributed by atoms with van der Waals surface area (Å²) in [6.07, 6.45) is 3.25. The number of thioether (sulfide) groups is 1. The first-order valence-corrected chi connectivity index (χ1v) is 8.58. The molecule has 0 fully saturated rings. The molecule has 0 aliphatic carbocycles. The Kier molecular flexibility index (Phi) is 2.61. The van der Waals surface area contributed by atoms with Crippen molar-refractivity contribution in [2.24, 2.45) is 0 Å². The Hall–Kier alpha value is -1.12. The van der Waals surface area contributed by atoms with Crippen molar-refractivity contribution in [3.63, 3.8) is 0 Å². The average molecular weight is 299 g/mol. The second-order valence-corrected chi connectivity index (χ2v) is 7.30. The number of thiophene rings is 1. The summed E-state index contributed by atoms with van der Waals surface area (Å²) in [6, 6.07) is 1.79. The maximum absolute atomic E-state index is 12.3. The average Bonchev–Trinajstić information content (AvgIpc) is 2.85. The fraction of sp³-hybridized carbons (Fsp3) is 0.200. The van der Waals surface area contributed by atoms with E-state index in [0.717, 1.165) is 4.88 Å². The van der Waals surface area contributed by atoms with Crippen LogP contribution in [-0.4, -0.2) is 31.7 Å². The molecule has 2 aromatic rings. The van der Waals surface area contributed by atoms with E-state index in [2.05, 4.69) is 9.97 Å². The van der Waals surface area contributed by atoms with E-state index in [-0.39, 0.29) is 4.90 Å². The highest BCUT2D eigenvalue weighted by Gasteiger charge is 2.35. The predicted octanol–water partition coefficient (Wildman–Crippen LogP) is 2.07. The van der Waals surface area contributed by atoms with Crippen molar-refractivity contribution in [3.8, 4) is 10.6 Å². The zero-order valence-electron chi connectivity index (χ0n) is 9.61. The third kappa shape index (κ3) is 1.49. The van der Waals surface area contributed by atoms with Crippen molar-refractivity contribution in [2.75, 3.05) is 17.6 Å². The van der Waals surface area contributed by atoms with Crippen molar-refractivity contribution in [1.29, 1.82) is 0 Å². The maximum atomic E-state index is 12.3. The molecule has 94 valence electrons. The van der Waals surface area contributed by atoms with Crippen LogP contribution in [0.3, 0.4) is 0 Å². The summed E-state index contributed by atoms with van der Waals surface area (Å²) in [5.74, 6) is 0. The first kappa shape index (κ1) is 11.9. The van der Waals surface area contributed by atoms with Gasteiger partial charge in [0.15, 0.2) is 5.16 Å².